The highest BCUT2D eigenvalue weighted by Crippen LogP contribution is 2.29. The summed E-state index contributed by atoms with van der Waals surface area (Å²) in [5, 5.41) is 9.82. The molecule has 1 aromatic heterocycles. The molecule has 0 bridgehead atoms. The summed E-state index contributed by atoms with van der Waals surface area (Å²) in [6.45, 7) is 0. The molecule has 0 amide bonds. The molecule has 1 fully saturated rings. The van der Waals surface area contributed by atoms with Crippen LogP contribution in [0.15, 0.2) is 22.8 Å². The Kier molecular flexibility index (Phi) is 3.25. The normalized spacial score (nSPS) is 20.1. The van der Waals surface area contributed by atoms with E-state index in [1.807, 2.05) is 12.1 Å². The molecule has 1 heterocycles. The van der Waals surface area contributed by atoms with Gasteiger partial charge < -0.3 is 9.52 Å². The van der Waals surface area contributed by atoms with Crippen LogP contribution in [0.2, 0.25) is 0 Å². The first-order chi connectivity index (χ1) is 6.84. The average Bonchev–Trinajstić information content (AvgIpc) is 2.76. The molecule has 0 radical (unpaired) electrons. The maximum atomic E-state index is 9.82. The summed E-state index contributed by atoms with van der Waals surface area (Å²) in [5.41, 5.74) is 0. The summed E-state index contributed by atoms with van der Waals surface area (Å²) in [6, 6.07) is 3.80. The fraction of sp³-hybridized carbons (Fsp3) is 0.667. The van der Waals surface area contributed by atoms with Gasteiger partial charge in [-0.1, -0.05) is 25.7 Å². The van der Waals surface area contributed by atoms with Crippen molar-refractivity contribution >= 4 is 0 Å². The quantitative estimate of drug-likeness (QED) is 0.799. The van der Waals surface area contributed by atoms with Crippen molar-refractivity contribution in [3.8, 4) is 0 Å². The highest BCUT2D eigenvalue weighted by atomic mass is 16.3. The molecule has 2 heteroatoms. The van der Waals surface area contributed by atoms with E-state index in [4.69, 9.17) is 4.42 Å². The van der Waals surface area contributed by atoms with E-state index in [-0.39, 0.29) is 6.10 Å². The lowest BCUT2D eigenvalue weighted by molar-refractivity contribution is 0.137. The van der Waals surface area contributed by atoms with Crippen LogP contribution in [-0.4, -0.2) is 11.2 Å². The lowest BCUT2D eigenvalue weighted by Gasteiger charge is -2.13. The van der Waals surface area contributed by atoms with Crippen LogP contribution in [0.1, 0.15) is 37.9 Å². The molecule has 1 aliphatic rings. The molecule has 1 N–H and O–H groups in total. The van der Waals surface area contributed by atoms with Crippen molar-refractivity contribution in [2.45, 2.75) is 44.6 Å². The van der Waals surface area contributed by atoms with E-state index in [0.29, 0.717) is 6.42 Å². The monoisotopic (exact) mass is 194 g/mol. The molecule has 0 aromatic carbocycles. The molecule has 0 spiro atoms. The summed E-state index contributed by atoms with van der Waals surface area (Å²) >= 11 is 0. The van der Waals surface area contributed by atoms with Gasteiger partial charge in [0.05, 0.1) is 12.4 Å². The van der Waals surface area contributed by atoms with Crippen molar-refractivity contribution in [3.63, 3.8) is 0 Å². The Morgan fingerprint density at radius 2 is 2.21 bits per heavy atom. The van der Waals surface area contributed by atoms with Gasteiger partial charge in [0.15, 0.2) is 0 Å². The zero-order chi connectivity index (χ0) is 9.80. The van der Waals surface area contributed by atoms with E-state index < -0.39 is 0 Å². The van der Waals surface area contributed by atoms with Gasteiger partial charge in [-0.2, -0.15) is 0 Å². The van der Waals surface area contributed by atoms with Crippen molar-refractivity contribution in [1.29, 1.82) is 0 Å². The zero-order valence-corrected chi connectivity index (χ0v) is 8.48. The second-order valence-electron chi connectivity index (χ2n) is 4.32. The topological polar surface area (TPSA) is 33.4 Å². The predicted molar refractivity (Wildman–Crippen MR) is 55.0 cm³/mol. The third-order valence-corrected chi connectivity index (χ3v) is 3.10. The minimum absolute atomic E-state index is 0.218. The Hall–Kier alpha value is -0.760. The van der Waals surface area contributed by atoms with Crippen LogP contribution in [0.3, 0.4) is 0 Å². The SMILES string of the molecule is OC(Cc1ccco1)CC1CCCC1. The highest BCUT2D eigenvalue weighted by molar-refractivity contribution is 4.99. The van der Waals surface area contributed by atoms with Gasteiger partial charge in [-0.15, -0.1) is 0 Å². The fourth-order valence-corrected chi connectivity index (χ4v) is 2.38. The van der Waals surface area contributed by atoms with E-state index in [2.05, 4.69) is 0 Å². The van der Waals surface area contributed by atoms with Gasteiger partial charge in [-0.25, -0.2) is 0 Å². The summed E-state index contributed by atoms with van der Waals surface area (Å²) in [5.74, 6) is 1.65. The molecule has 1 aromatic rings. The van der Waals surface area contributed by atoms with Gasteiger partial charge in [0.2, 0.25) is 0 Å². The van der Waals surface area contributed by atoms with Gasteiger partial charge >= 0.3 is 0 Å². The predicted octanol–water partition coefficient (Wildman–Crippen LogP) is 2.76. The van der Waals surface area contributed by atoms with Crippen LogP contribution in [0, 0.1) is 5.92 Å². The minimum Gasteiger partial charge on any atom is -0.469 e. The fourth-order valence-electron chi connectivity index (χ4n) is 2.38. The first kappa shape index (κ1) is 9.78. The molecule has 1 atom stereocenters. The number of furan rings is 1. The third-order valence-electron chi connectivity index (χ3n) is 3.10. The lowest BCUT2D eigenvalue weighted by atomic mass is 9.98. The molecule has 1 saturated carbocycles. The molecule has 1 unspecified atom stereocenters. The lowest BCUT2D eigenvalue weighted by Crippen LogP contribution is -2.14. The maximum absolute atomic E-state index is 9.82. The Balaban J connectivity index is 1.75. The summed E-state index contributed by atoms with van der Waals surface area (Å²) in [6.07, 6.45) is 8.35. The number of hydrogen-bond acceptors (Lipinski definition) is 2. The Morgan fingerprint density at radius 3 is 2.86 bits per heavy atom. The Morgan fingerprint density at radius 1 is 1.43 bits per heavy atom. The van der Waals surface area contributed by atoms with E-state index in [0.717, 1.165) is 18.1 Å². The van der Waals surface area contributed by atoms with Gasteiger partial charge in [0, 0.05) is 6.42 Å². The summed E-state index contributed by atoms with van der Waals surface area (Å²) < 4.78 is 5.21. The van der Waals surface area contributed by atoms with Gasteiger partial charge in [-0.3, -0.25) is 0 Å². The van der Waals surface area contributed by atoms with Crippen molar-refractivity contribution in [2.24, 2.45) is 5.92 Å². The van der Waals surface area contributed by atoms with Crippen molar-refractivity contribution < 1.29 is 9.52 Å². The molecule has 2 rings (SSSR count). The van der Waals surface area contributed by atoms with E-state index in [9.17, 15) is 5.11 Å². The molecule has 2 nitrogen and oxygen atoms in total. The highest BCUT2D eigenvalue weighted by Gasteiger charge is 2.19. The Labute approximate surface area is 84.9 Å². The zero-order valence-electron chi connectivity index (χ0n) is 8.48. The largest absolute Gasteiger partial charge is 0.469 e. The number of hydrogen-bond donors (Lipinski definition) is 1. The van der Waals surface area contributed by atoms with Gasteiger partial charge in [0.25, 0.3) is 0 Å². The van der Waals surface area contributed by atoms with Crippen molar-refractivity contribution in [3.05, 3.63) is 24.2 Å². The third kappa shape index (κ3) is 2.61. The number of aliphatic hydroxyl groups is 1. The first-order valence-corrected chi connectivity index (χ1v) is 5.55. The van der Waals surface area contributed by atoms with E-state index in [1.165, 1.54) is 25.7 Å². The number of rotatable bonds is 4. The molecule has 14 heavy (non-hydrogen) atoms. The first-order valence-electron chi connectivity index (χ1n) is 5.55. The van der Waals surface area contributed by atoms with Crippen LogP contribution in [-0.2, 0) is 6.42 Å². The van der Waals surface area contributed by atoms with E-state index in [1.54, 1.807) is 6.26 Å². The Bertz CT molecular complexity index is 247. The maximum Gasteiger partial charge on any atom is 0.106 e. The molecule has 1 aliphatic carbocycles. The molecule has 0 aliphatic heterocycles. The standard InChI is InChI=1S/C12H18O2/c13-11(8-10-4-1-2-5-10)9-12-6-3-7-14-12/h3,6-7,10-11,13H,1-2,4-5,8-9H2. The minimum atomic E-state index is -0.218. The van der Waals surface area contributed by atoms with Crippen molar-refractivity contribution in [2.75, 3.05) is 0 Å². The second-order valence-corrected chi connectivity index (χ2v) is 4.32. The van der Waals surface area contributed by atoms with Crippen LogP contribution in [0.25, 0.3) is 0 Å². The van der Waals surface area contributed by atoms with Crippen LogP contribution in [0.4, 0.5) is 0 Å². The van der Waals surface area contributed by atoms with E-state index >= 15 is 0 Å². The van der Waals surface area contributed by atoms with Crippen LogP contribution in [0.5, 0.6) is 0 Å². The van der Waals surface area contributed by atoms with Crippen molar-refractivity contribution in [1.82, 2.24) is 0 Å². The molecular weight excluding hydrogens is 176 g/mol. The molecular formula is C12H18O2. The average molecular weight is 194 g/mol. The summed E-state index contributed by atoms with van der Waals surface area (Å²) in [7, 11) is 0. The molecule has 78 valence electrons. The summed E-state index contributed by atoms with van der Waals surface area (Å²) in [4.78, 5) is 0. The van der Waals surface area contributed by atoms with Gasteiger partial charge in [-0.05, 0) is 24.5 Å². The van der Waals surface area contributed by atoms with Crippen LogP contribution < -0.4 is 0 Å². The number of aliphatic hydroxyl groups excluding tert-OH is 1. The van der Waals surface area contributed by atoms with Gasteiger partial charge in [0.1, 0.15) is 5.76 Å². The smallest absolute Gasteiger partial charge is 0.106 e. The van der Waals surface area contributed by atoms with Crippen LogP contribution >= 0.6 is 0 Å². The molecule has 0 saturated heterocycles. The second kappa shape index (κ2) is 4.65.